The molecule has 0 spiro atoms. The number of nitrogens with zero attached hydrogens (tertiary/aromatic N) is 1. The molecule has 2 amide bonds. The summed E-state index contributed by atoms with van der Waals surface area (Å²) >= 11 is 0. The van der Waals surface area contributed by atoms with E-state index in [1.165, 1.54) is 0 Å². The molecule has 126 valence electrons. The monoisotopic (exact) mass is 338 g/mol. The van der Waals surface area contributed by atoms with E-state index < -0.39 is 0 Å². The second-order valence-corrected chi connectivity index (χ2v) is 5.45. The lowest BCUT2D eigenvalue weighted by Crippen LogP contribution is -2.23. The van der Waals surface area contributed by atoms with E-state index in [0.717, 1.165) is 16.6 Å². The maximum absolute atomic E-state index is 11.9. The van der Waals surface area contributed by atoms with E-state index in [2.05, 4.69) is 10.6 Å². The second kappa shape index (κ2) is 8.55. The lowest BCUT2D eigenvalue weighted by atomic mass is 10.2. The number of rotatable bonds is 6. The first-order valence-electron chi connectivity index (χ1n) is 7.34. The topological polar surface area (TPSA) is 89.2 Å². The highest BCUT2D eigenvalue weighted by molar-refractivity contribution is 5.94. The van der Waals surface area contributed by atoms with E-state index in [9.17, 15) is 9.59 Å². The Morgan fingerprint density at radius 1 is 1.26 bits per heavy atom. The van der Waals surface area contributed by atoms with Crippen LogP contribution in [0.15, 0.2) is 30.5 Å². The minimum Gasteiger partial charge on any atom is -0.358 e. The van der Waals surface area contributed by atoms with Gasteiger partial charge in [0, 0.05) is 31.4 Å². The summed E-state index contributed by atoms with van der Waals surface area (Å²) in [4.78, 5) is 23.4. The first-order valence-corrected chi connectivity index (χ1v) is 7.34. The fourth-order valence-corrected chi connectivity index (χ4v) is 2.22. The summed E-state index contributed by atoms with van der Waals surface area (Å²) in [6, 6.07) is 7.62. The number of hydrogen-bond donors (Lipinski definition) is 3. The number of carbonyl (C=O) groups excluding carboxylic acids is 2. The highest BCUT2D eigenvalue weighted by Crippen LogP contribution is 2.21. The maximum Gasteiger partial charge on any atom is 0.239 e. The van der Waals surface area contributed by atoms with Crippen molar-refractivity contribution in [2.75, 3.05) is 12.4 Å². The minimum atomic E-state index is -0.0659. The van der Waals surface area contributed by atoms with Gasteiger partial charge in [-0.15, -0.1) is 12.4 Å². The molecule has 0 aliphatic rings. The molecule has 1 atom stereocenters. The predicted molar refractivity (Wildman–Crippen MR) is 94.8 cm³/mol. The van der Waals surface area contributed by atoms with E-state index >= 15 is 0 Å². The summed E-state index contributed by atoms with van der Waals surface area (Å²) in [6.07, 6.45) is 2.91. The van der Waals surface area contributed by atoms with E-state index in [4.69, 9.17) is 5.73 Å². The molecular weight excluding hydrogens is 316 g/mol. The Labute approximate surface area is 141 Å². The summed E-state index contributed by atoms with van der Waals surface area (Å²) in [5.41, 5.74) is 7.28. The third-order valence-corrected chi connectivity index (χ3v) is 3.48. The molecule has 0 fully saturated rings. The zero-order valence-electron chi connectivity index (χ0n) is 13.3. The molecule has 2 aromatic rings. The molecule has 0 aliphatic heterocycles. The number of amides is 2. The molecule has 1 aromatic carbocycles. The van der Waals surface area contributed by atoms with Crippen molar-refractivity contribution < 1.29 is 9.59 Å². The van der Waals surface area contributed by atoms with Crippen LogP contribution >= 0.6 is 12.4 Å². The van der Waals surface area contributed by atoms with Crippen molar-refractivity contribution >= 4 is 40.8 Å². The largest absolute Gasteiger partial charge is 0.358 e. The van der Waals surface area contributed by atoms with Crippen LogP contribution in [0.3, 0.4) is 0 Å². The fourth-order valence-electron chi connectivity index (χ4n) is 2.22. The molecule has 2 rings (SSSR count). The molecule has 1 unspecified atom stereocenters. The number of likely N-dealkylation sites (N-methyl/N-ethyl adjacent to an activating group) is 1. The number of halogens is 1. The number of hydrogen-bond acceptors (Lipinski definition) is 3. The third-order valence-electron chi connectivity index (χ3n) is 3.48. The summed E-state index contributed by atoms with van der Waals surface area (Å²) in [5, 5.41) is 6.49. The van der Waals surface area contributed by atoms with Crippen molar-refractivity contribution in [1.82, 2.24) is 9.88 Å². The van der Waals surface area contributed by atoms with Gasteiger partial charge >= 0.3 is 0 Å². The quantitative estimate of drug-likeness (QED) is 0.751. The first kappa shape index (κ1) is 19.0. The van der Waals surface area contributed by atoms with Crippen LogP contribution in [0.25, 0.3) is 10.9 Å². The first-order chi connectivity index (χ1) is 10.5. The second-order valence-electron chi connectivity index (χ2n) is 5.45. The van der Waals surface area contributed by atoms with Crippen LogP contribution in [0, 0.1) is 0 Å². The molecule has 0 radical (unpaired) electrons. The van der Waals surface area contributed by atoms with Crippen LogP contribution in [0.1, 0.15) is 19.8 Å². The Kier molecular flexibility index (Phi) is 7.06. The van der Waals surface area contributed by atoms with Crippen molar-refractivity contribution in [3.05, 3.63) is 30.5 Å². The van der Waals surface area contributed by atoms with Crippen LogP contribution in [0.5, 0.6) is 0 Å². The predicted octanol–water partition coefficient (Wildman–Crippen LogP) is 1.87. The molecule has 0 saturated carbocycles. The van der Waals surface area contributed by atoms with E-state index in [0.29, 0.717) is 12.8 Å². The molecule has 6 nitrogen and oxygen atoms in total. The SMILES string of the molecule is CNC(=O)Cn1ccc2ccc(NC(=O)CCC(C)N)cc21.Cl. The van der Waals surface area contributed by atoms with Crippen LogP contribution in [0.4, 0.5) is 5.69 Å². The average Bonchev–Trinajstić information content (AvgIpc) is 2.87. The van der Waals surface area contributed by atoms with Crippen molar-refractivity contribution in [3.63, 3.8) is 0 Å². The molecule has 7 heteroatoms. The Morgan fingerprint density at radius 2 is 2.00 bits per heavy atom. The molecule has 0 bridgehead atoms. The lowest BCUT2D eigenvalue weighted by Gasteiger charge is -2.09. The van der Waals surface area contributed by atoms with Gasteiger partial charge in [0.2, 0.25) is 11.8 Å². The number of nitrogens with two attached hydrogens (primary N) is 1. The van der Waals surface area contributed by atoms with Gasteiger partial charge in [-0.05, 0) is 36.9 Å². The van der Waals surface area contributed by atoms with Crippen LogP contribution < -0.4 is 16.4 Å². The van der Waals surface area contributed by atoms with Gasteiger partial charge in [-0.2, -0.15) is 0 Å². The third kappa shape index (κ3) is 5.26. The molecule has 4 N–H and O–H groups in total. The van der Waals surface area contributed by atoms with E-state index in [-0.39, 0.29) is 36.8 Å². The number of benzene rings is 1. The van der Waals surface area contributed by atoms with Crippen LogP contribution in [-0.2, 0) is 16.1 Å². The smallest absolute Gasteiger partial charge is 0.239 e. The van der Waals surface area contributed by atoms with Gasteiger partial charge in [-0.1, -0.05) is 6.07 Å². The highest BCUT2D eigenvalue weighted by atomic mass is 35.5. The summed E-state index contributed by atoms with van der Waals surface area (Å²) in [5.74, 6) is -0.120. The van der Waals surface area contributed by atoms with E-state index in [1.807, 2.05) is 42.0 Å². The van der Waals surface area contributed by atoms with Crippen molar-refractivity contribution in [3.8, 4) is 0 Å². The summed E-state index contributed by atoms with van der Waals surface area (Å²) in [6.45, 7) is 2.13. The lowest BCUT2D eigenvalue weighted by molar-refractivity contribution is -0.121. The molecule has 1 heterocycles. The Hall–Kier alpha value is -2.05. The van der Waals surface area contributed by atoms with Crippen molar-refractivity contribution in [2.24, 2.45) is 5.73 Å². The molecule has 0 saturated heterocycles. The number of nitrogens with one attached hydrogen (secondary N) is 2. The summed E-state index contributed by atoms with van der Waals surface area (Å²) in [7, 11) is 1.61. The van der Waals surface area contributed by atoms with Gasteiger partial charge in [-0.25, -0.2) is 0 Å². The zero-order valence-corrected chi connectivity index (χ0v) is 14.2. The van der Waals surface area contributed by atoms with Gasteiger partial charge in [-0.3, -0.25) is 9.59 Å². The fraction of sp³-hybridized carbons (Fsp3) is 0.375. The highest BCUT2D eigenvalue weighted by Gasteiger charge is 2.08. The standard InChI is InChI=1S/C16H22N4O2.ClH/c1-11(17)3-6-15(21)19-13-5-4-12-7-8-20(14(12)9-13)10-16(22)18-2;/h4-5,7-9,11H,3,6,10,17H2,1-2H3,(H,18,22)(H,19,21);1H. The Morgan fingerprint density at radius 3 is 2.65 bits per heavy atom. The molecule has 1 aromatic heterocycles. The number of carbonyl (C=O) groups is 2. The normalized spacial score (nSPS) is 11.6. The molecule has 23 heavy (non-hydrogen) atoms. The Bertz CT molecular complexity index is 682. The van der Waals surface area contributed by atoms with Gasteiger partial charge < -0.3 is 20.9 Å². The maximum atomic E-state index is 11.9. The van der Waals surface area contributed by atoms with Crippen molar-refractivity contribution in [1.29, 1.82) is 0 Å². The van der Waals surface area contributed by atoms with Gasteiger partial charge in [0.15, 0.2) is 0 Å². The average molecular weight is 339 g/mol. The molecule has 0 aliphatic carbocycles. The van der Waals surface area contributed by atoms with Crippen LogP contribution in [0.2, 0.25) is 0 Å². The van der Waals surface area contributed by atoms with E-state index in [1.54, 1.807) is 7.05 Å². The zero-order chi connectivity index (χ0) is 16.1. The molecular formula is C16H23ClN4O2. The summed E-state index contributed by atoms with van der Waals surface area (Å²) < 4.78 is 1.85. The number of anilines is 1. The van der Waals surface area contributed by atoms with Gasteiger partial charge in [0.05, 0.1) is 5.52 Å². The minimum absolute atomic E-state index is 0. The Balaban J connectivity index is 0.00000264. The van der Waals surface area contributed by atoms with Crippen LogP contribution in [-0.4, -0.2) is 29.5 Å². The number of aromatic nitrogens is 1. The van der Waals surface area contributed by atoms with Gasteiger partial charge in [0.1, 0.15) is 6.54 Å². The van der Waals surface area contributed by atoms with Gasteiger partial charge in [0.25, 0.3) is 0 Å². The number of fused-ring (bicyclic) bond motifs is 1. The van der Waals surface area contributed by atoms with Crippen molar-refractivity contribution in [2.45, 2.75) is 32.4 Å².